The number of hydrogen-bond acceptors (Lipinski definition) is 4. The lowest BCUT2D eigenvalue weighted by atomic mass is 9.96. The predicted octanol–water partition coefficient (Wildman–Crippen LogP) is 1.41. The number of piperidine rings is 1. The van der Waals surface area contributed by atoms with E-state index in [1.54, 1.807) is 19.2 Å². The van der Waals surface area contributed by atoms with Crippen LogP contribution in [0.15, 0.2) is 12.3 Å². The maximum absolute atomic E-state index is 12.0. The van der Waals surface area contributed by atoms with Crippen molar-refractivity contribution in [3.63, 3.8) is 0 Å². The van der Waals surface area contributed by atoms with Crippen molar-refractivity contribution in [1.29, 1.82) is 0 Å². The van der Waals surface area contributed by atoms with Gasteiger partial charge < -0.3 is 10.2 Å². The van der Waals surface area contributed by atoms with E-state index in [1.165, 1.54) is 0 Å². The summed E-state index contributed by atoms with van der Waals surface area (Å²) >= 11 is 0. The molecule has 0 aliphatic carbocycles. The number of nitrogens with zero attached hydrogens (tertiary/aromatic N) is 3. The molecule has 0 bridgehead atoms. The molecule has 1 aliphatic rings. The summed E-state index contributed by atoms with van der Waals surface area (Å²) in [5.41, 5.74) is 0.403. The molecule has 0 radical (unpaired) electrons. The first-order valence-corrected chi connectivity index (χ1v) is 7.84. The number of rotatable bonds is 4. The van der Waals surface area contributed by atoms with E-state index in [1.807, 2.05) is 18.7 Å². The van der Waals surface area contributed by atoms with Crippen molar-refractivity contribution in [2.75, 3.05) is 19.6 Å². The zero-order valence-electron chi connectivity index (χ0n) is 13.5. The molecular weight excluding hydrogens is 280 g/mol. The summed E-state index contributed by atoms with van der Waals surface area (Å²) in [6.45, 7) is 7.81. The van der Waals surface area contributed by atoms with Gasteiger partial charge in [-0.3, -0.25) is 9.59 Å². The molecule has 2 heterocycles. The van der Waals surface area contributed by atoms with Gasteiger partial charge >= 0.3 is 0 Å². The second-order valence-electron chi connectivity index (χ2n) is 6.12. The third-order valence-electron chi connectivity index (χ3n) is 3.98. The lowest BCUT2D eigenvalue weighted by Gasteiger charge is -2.33. The van der Waals surface area contributed by atoms with Gasteiger partial charge in [-0.1, -0.05) is 13.8 Å². The summed E-state index contributed by atoms with van der Waals surface area (Å²) in [6, 6.07) is 1.62. The predicted molar refractivity (Wildman–Crippen MR) is 83.2 cm³/mol. The Morgan fingerprint density at radius 3 is 2.64 bits per heavy atom. The normalized spacial score (nSPS) is 15.9. The summed E-state index contributed by atoms with van der Waals surface area (Å²) in [5, 5.41) is 2.93. The van der Waals surface area contributed by atoms with Crippen molar-refractivity contribution >= 4 is 11.8 Å². The highest BCUT2D eigenvalue weighted by molar-refractivity contribution is 5.92. The topological polar surface area (TPSA) is 75.2 Å². The van der Waals surface area contributed by atoms with Gasteiger partial charge in [0.05, 0.1) is 0 Å². The second-order valence-corrected chi connectivity index (χ2v) is 6.12. The van der Waals surface area contributed by atoms with Crippen LogP contribution in [0, 0.1) is 18.8 Å². The molecule has 120 valence electrons. The molecule has 0 unspecified atom stereocenters. The molecule has 2 rings (SSSR count). The highest BCUT2D eigenvalue weighted by atomic mass is 16.2. The Hall–Kier alpha value is -1.98. The van der Waals surface area contributed by atoms with E-state index in [4.69, 9.17) is 0 Å². The average molecular weight is 304 g/mol. The minimum atomic E-state index is -0.161. The molecule has 6 heteroatoms. The number of aryl methyl sites for hydroxylation is 1. The number of likely N-dealkylation sites (tertiary alicyclic amines) is 1. The first kappa shape index (κ1) is 16.4. The smallest absolute Gasteiger partial charge is 0.270 e. The van der Waals surface area contributed by atoms with Crippen LogP contribution in [0.4, 0.5) is 0 Å². The van der Waals surface area contributed by atoms with Crippen molar-refractivity contribution < 1.29 is 9.59 Å². The van der Waals surface area contributed by atoms with Crippen LogP contribution in [0.25, 0.3) is 0 Å². The van der Waals surface area contributed by atoms with Crippen molar-refractivity contribution in [2.24, 2.45) is 11.8 Å². The van der Waals surface area contributed by atoms with Crippen LogP contribution in [-0.4, -0.2) is 46.3 Å². The van der Waals surface area contributed by atoms with Crippen LogP contribution >= 0.6 is 0 Å². The molecule has 1 N–H and O–H groups in total. The van der Waals surface area contributed by atoms with Gasteiger partial charge in [0.1, 0.15) is 11.5 Å². The van der Waals surface area contributed by atoms with E-state index in [9.17, 15) is 9.59 Å². The zero-order valence-corrected chi connectivity index (χ0v) is 13.5. The first-order valence-electron chi connectivity index (χ1n) is 7.84. The van der Waals surface area contributed by atoms with Gasteiger partial charge in [0, 0.05) is 31.7 Å². The Morgan fingerprint density at radius 1 is 1.36 bits per heavy atom. The SMILES string of the molecule is Cc1nccc(C(=O)NCC2CCN(C(=O)C(C)C)CC2)n1. The maximum atomic E-state index is 12.0. The van der Waals surface area contributed by atoms with E-state index in [-0.39, 0.29) is 17.7 Å². The number of aromatic nitrogens is 2. The Kier molecular flexibility index (Phi) is 5.46. The van der Waals surface area contributed by atoms with Gasteiger partial charge in [-0.25, -0.2) is 9.97 Å². The fraction of sp³-hybridized carbons (Fsp3) is 0.625. The monoisotopic (exact) mass is 304 g/mol. The van der Waals surface area contributed by atoms with Gasteiger partial charge in [-0.05, 0) is 31.7 Å². The van der Waals surface area contributed by atoms with Crippen LogP contribution in [-0.2, 0) is 4.79 Å². The van der Waals surface area contributed by atoms with Crippen LogP contribution in [0.1, 0.15) is 43.0 Å². The molecule has 0 spiro atoms. The van der Waals surface area contributed by atoms with Crippen LogP contribution < -0.4 is 5.32 Å². The van der Waals surface area contributed by atoms with Gasteiger partial charge in [-0.2, -0.15) is 0 Å². The molecular formula is C16H24N4O2. The number of hydrogen-bond donors (Lipinski definition) is 1. The van der Waals surface area contributed by atoms with Crippen molar-refractivity contribution in [3.8, 4) is 0 Å². The summed E-state index contributed by atoms with van der Waals surface area (Å²) in [5.74, 6) is 1.12. The lowest BCUT2D eigenvalue weighted by molar-refractivity contribution is -0.135. The molecule has 0 atom stereocenters. The second kappa shape index (κ2) is 7.33. The maximum Gasteiger partial charge on any atom is 0.270 e. The number of carbonyl (C=O) groups excluding carboxylic acids is 2. The fourth-order valence-electron chi connectivity index (χ4n) is 2.63. The standard InChI is InChI=1S/C16H24N4O2/c1-11(2)16(22)20-8-5-13(6-9-20)10-18-15(21)14-4-7-17-12(3)19-14/h4,7,11,13H,5-6,8-10H2,1-3H3,(H,18,21). The lowest BCUT2D eigenvalue weighted by Crippen LogP contribution is -2.43. The molecule has 6 nitrogen and oxygen atoms in total. The number of nitrogens with one attached hydrogen (secondary N) is 1. The summed E-state index contributed by atoms with van der Waals surface area (Å²) in [7, 11) is 0. The summed E-state index contributed by atoms with van der Waals surface area (Å²) in [4.78, 5) is 34.0. The van der Waals surface area contributed by atoms with E-state index in [0.29, 0.717) is 24.0 Å². The van der Waals surface area contributed by atoms with Gasteiger partial charge in [0.25, 0.3) is 5.91 Å². The van der Waals surface area contributed by atoms with E-state index < -0.39 is 0 Å². The third kappa shape index (κ3) is 4.26. The molecule has 1 fully saturated rings. The van der Waals surface area contributed by atoms with Gasteiger partial charge in [0.15, 0.2) is 0 Å². The van der Waals surface area contributed by atoms with Crippen LogP contribution in [0.2, 0.25) is 0 Å². The van der Waals surface area contributed by atoms with Crippen molar-refractivity contribution in [1.82, 2.24) is 20.2 Å². The van der Waals surface area contributed by atoms with Crippen LogP contribution in [0.5, 0.6) is 0 Å². The summed E-state index contributed by atoms with van der Waals surface area (Å²) < 4.78 is 0. The molecule has 0 saturated carbocycles. The molecule has 1 saturated heterocycles. The highest BCUT2D eigenvalue weighted by Gasteiger charge is 2.24. The quantitative estimate of drug-likeness (QED) is 0.912. The fourth-order valence-corrected chi connectivity index (χ4v) is 2.63. The first-order chi connectivity index (χ1) is 10.5. The van der Waals surface area contributed by atoms with Gasteiger partial charge in [-0.15, -0.1) is 0 Å². The number of amides is 2. The Labute approximate surface area is 131 Å². The minimum absolute atomic E-state index is 0.0530. The average Bonchev–Trinajstić information content (AvgIpc) is 2.52. The molecule has 0 aromatic carbocycles. The Balaban J connectivity index is 1.77. The van der Waals surface area contributed by atoms with Crippen LogP contribution in [0.3, 0.4) is 0 Å². The Morgan fingerprint density at radius 2 is 2.05 bits per heavy atom. The molecule has 1 aromatic rings. The van der Waals surface area contributed by atoms with Crippen molar-refractivity contribution in [2.45, 2.75) is 33.6 Å². The third-order valence-corrected chi connectivity index (χ3v) is 3.98. The molecule has 1 aliphatic heterocycles. The molecule has 2 amide bonds. The Bertz CT molecular complexity index is 537. The molecule has 1 aromatic heterocycles. The van der Waals surface area contributed by atoms with E-state index in [0.717, 1.165) is 25.9 Å². The van der Waals surface area contributed by atoms with Crippen molar-refractivity contribution in [3.05, 3.63) is 23.8 Å². The van der Waals surface area contributed by atoms with Gasteiger partial charge in [0.2, 0.25) is 5.91 Å². The molecule has 22 heavy (non-hydrogen) atoms. The largest absolute Gasteiger partial charge is 0.350 e. The zero-order chi connectivity index (χ0) is 16.1. The van der Waals surface area contributed by atoms with E-state index >= 15 is 0 Å². The minimum Gasteiger partial charge on any atom is -0.350 e. The summed E-state index contributed by atoms with van der Waals surface area (Å²) in [6.07, 6.45) is 3.45. The number of carbonyl (C=O) groups is 2. The highest BCUT2D eigenvalue weighted by Crippen LogP contribution is 2.18. The van der Waals surface area contributed by atoms with E-state index in [2.05, 4.69) is 15.3 Å².